The van der Waals surface area contributed by atoms with Crippen LogP contribution in [0.15, 0.2) is 30.3 Å². The van der Waals surface area contributed by atoms with E-state index in [9.17, 15) is 8.42 Å². The summed E-state index contributed by atoms with van der Waals surface area (Å²) in [4.78, 5) is 0. The topological polar surface area (TPSA) is 34.1 Å². The van der Waals surface area contributed by atoms with Crippen molar-refractivity contribution in [2.75, 3.05) is 0 Å². The monoisotopic (exact) mass is 282 g/mol. The van der Waals surface area contributed by atoms with Crippen LogP contribution in [0.1, 0.15) is 58.8 Å². The lowest BCUT2D eigenvalue weighted by atomic mass is 9.88. The van der Waals surface area contributed by atoms with Gasteiger partial charge in [0, 0.05) is 0 Å². The highest BCUT2D eigenvalue weighted by atomic mass is 32.2. The summed E-state index contributed by atoms with van der Waals surface area (Å²) in [5.41, 5.74) is 0.867. The second-order valence-corrected chi connectivity index (χ2v) is 10.2. The first-order valence-corrected chi connectivity index (χ1v) is 8.28. The van der Waals surface area contributed by atoms with Crippen LogP contribution in [0.25, 0.3) is 0 Å². The van der Waals surface area contributed by atoms with E-state index in [1.807, 2.05) is 30.3 Å². The summed E-state index contributed by atoms with van der Waals surface area (Å²) < 4.78 is 24.9. The summed E-state index contributed by atoms with van der Waals surface area (Å²) in [6, 6.07) is 9.56. The Kier molecular flexibility index (Phi) is 4.51. The van der Waals surface area contributed by atoms with Crippen LogP contribution in [0, 0.1) is 5.41 Å². The first-order valence-electron chi connectivity index (χ1n) is 6.73. The molecule has 0 N–H and O–H groups in total. The van der Waals surface area contributed by atoms with Crippen molar-refractivity contribution in [3.05, 3.63) is 35.9 Å². The minimum absolute atomic E-state index is 0.0289. The molecule has 0 aliphatic heterocycles. The van der Waals surface area contributed by atoms with Crippen LogP contribution >= 0.6 is 0 Å². The molecule has 0 fully saturated rings. The molecular formula is C16H26O2S. The minimum atomic E-state index is -3.22. The predicted octanol–water partition coefficient (Wildman–Crippen LogP) is 4.38. The van der Waals surface area contributed by atoms with Crippen LogP contribution in [0.5, 0.6) is 0 Å². The van der Waals surface area contributed by atoms with Crippen molar-refractivity contribution in [3.8, 4) is 0 Å². The van der Waals surface area contributed by atoms with Crippen molar-refractivity contribution in [1.82, 2.24) is 0 Å². The highest BCUT2D eigenvalue weighted by Gasteiger charge is 2.39. The van der Waals surface area contributed by atoms with Gasteiger partial charge in [0.1, 0.15) is 0 Å². The lowest BCUT2D eigenvalue weighted by molar-refractivity contribution is 0.365. The molecule has 0 spiro atoms. The lowest BCUT2D eigenvalue weighted by Gasteiger charge is -2.31. The average molecular weight is 282 g/mol. The van der Waals surface area contributed by atoms with E-state index in [0.29, 0.717) is 6.42 Å². The highest BCUT2D eigenvalue weighted by molar-refractivity contribution is 7.93. The molecule has 0 heterocycles. The maximum absolute atomic E-state index is 12.8. The molecule has 2 nitrogen and oxygen atoms in total. The van der Waals surface area contributed by atoms with Crippen molar-refractivity contribution in [2.45, 2.75) is 58.0 Å². The molecule has 19 heavy (non-hydrogen) atoms. The lowest BCUT2D eigenvalue weighted by Crippen LogP contribution is -2.34. The molecule has 1 aromatic carbocycles. The SMILES string of the molecule is CC(C)(C)C[C@@H](c1ccccc1)S(=O)(=O)C(C)(C)C. The third-order valence-electron chi connectivity index (χ3n) is 3.20. The maximum atomic E-state index is 12.8. The normalized spacial score (nSPS) is 15.3. The van der Waals surface area contributed by atoms with E-state index in [4.69, 9.17) is 0 Å². The second kappa shape index (κ2) is 5.28. The zero-order valence-corrected chi connectivity index (χ0v) is 13.7. The molecule has 0 saturated heterocycles. The van der Waals surface area contributed by atoms with Gasteiger partial charge in [0.05, 0.1) is 10.00 Å². The van der Waals surface area contributed by atoms with Gasteiger partial charge < -0.3 is 0 Å². The summed E-state index contributed by atoms with van der Waals surface area (Å²) in [7, 11) is -3.22. The van der Waals surface area contributed by atoms with Gasteiger partial charge in [-0.1, -0.05) is 51.1 Å². The summed E-state index contributed by atoms with van der Waals surface area (Å²) in [5.74, 6) is 0. The Hall–Kier alpha value is -0.830. The summed E-state index contributed by atoms with van der Waals surface area (Å²) in [6.45, 7) is 11.6. The summed E-state index contributed by atoms with van der Waals surface area (Å²) in [5, 5.41) is -0.436. The Morgan fingerprint density at radius 1 is 0.947 bits per heavy atom. The molecular weight excluding hydrogens is 256 g/mol. The van der Waals surface area contributed by atoms with Gasteiger partial charge in [-0.25, -0.2) is 8.42 Å². The second-order valence-electron chi connectivity index (χ2n) is 7.32. The molecule has 1 aromatic rings. The fourth-order valence-electron chi connectivity index (χ4n) is 2.06. The molecule has 0 aromatic heterocycles. The van der Waals surface area contributed by atoms with Crippen LogP contribution in [0.3, 0.4) is 0 Å². The van der Waals surface area contributed by atoms with Crippen LogP contribution in [-0.4, -0.2) is 13.2 Å². The molecule has 0 aliphatic carbocycles. The molecule has 0 radical (unpaired) electrons. The number of hydrogen-bond acceptors (Lipinski definition) is 2. The molecule has 1 atom stereocenters. The van der Waals surface area contributed by atoms with E-state index in [1.54, 1.807) is 20.8 Å². The molecule has 108 valence electrons. The van der Waals surface area contributed by atoms with Crippen molar-refractivity contribution >= 4 is 9.84 Å². The van der Waals surface area contributed by atoms with Crippen molar-refractivity contribution < 1.29 is 8.42 Å². The van der Waals surface area contributed by atoms with Gasteiger partial charge in [-0.3, -0.25) is 0 Å². The van der Waals surface area contributed by atoms with E-state index in [0.717, 1.165) is 5.56 Å². The zero-order valence-electron chi connectivity index (χ0n) is 12.9. The molecule has 3 heteroatoms. The Morgan fingerprint density at radius 3 is 1.79 bits per heavy atom. The van der Waals surface area contributed by atoms with E-state index < -0.39 is 19.8 Å². The Labute approximate surface area is 118 Å². The maximum Gasteiger partial charge on any atom is 0.162 e. The van der Waals surface area contributed by atoms with Crippen LogP contribution < -0.4 is 0 Å². The van der Waals surface area contributed by atoms with E-state index in [-0.39, 0.29) is 5.41 Å². The number of benzene rings is 1. The van der Waals surface area contributed by atoms with E-state index in [2.05, 4.69) is 20.8 Å². The highest BCUT2D eigenvalue weighted by Crippen LogP contribution is 2.39. The number of sulfone groups is 1. The molecule has 0 aliphatic rings. The van der Waals surface area contributed by atoms with Gasteiger partial charge in [-0.2, -0.15) is 0 Å². The molecule has 0 amide bonds. The van der Waals surface area contributed by atoms with Gasteiger partial charge in [0.2, 0.25) is 0 Å². The Morgan fingerprint density at radius 2 is 1.42 bits per heavy atom. The van der Waals surface area contributed by atoms with Gasteiger partial charge >= 0.3 is 0 Å². The van der Waals surface area contributed by atoms with Crippen molar-refractivity contribution in [3.63, 3.8) is 0 Å². The standard InChI is InChI=1S/C16H26O2S/c1-15(2,3)12-14(13-10-8-7-9-11-13)19(17,18)16(4,5)6/h7-11,14H,12H2,1-6H3/t14-/m0/s1. The van der Waals surface area contributed by atoms with E-state index in [1.165, 1.54) is 0 Å². The molecule has 0 saturated carbocycles. The third kappa shape index (κ3) is 4.07. The van der Waals surface area contributed by atoms with Gasteiger partial charge in [-0.05, 0) is 38.2 Å². The molecule has 1 rings (SSSR count). The smallest absolute Gasteiger partial charge is 0.162 e. The largest absolute Gasteiger partial charge is 0.228 e. The average Bonchev–Trinajstić information content (AvgIpc) is 2.24. The van der Waals surface area contributed by atoms with Crippen molar-refractivity contribution in [1.29, 1.82) is 0 Å². The predicted molar refractivity (Wildman–Crippen MR) is 81.9 cm³/mol. The van der Waals surface area contributed by atoms with Gasteiger partial charge in [-0.15, -0.1) is 0 Å². The fourth-order valence-corrected chi connectivity index (χ4v) is 4.15. The molecule has 0 unspecified atom stereocenters. The number of rotatable bonds is 3. The third-order valence-corrected chi connectivity index (χ3v) is 6.09. The zero-order chi connectivity index (χ0) is 14.9. The number of hydrogen-bond donors (Lipinski definition) is 0. The minimum Gasteiger partial charge on any atom is -0.228 e. The summed E-state index contributed by atoms with van der Waals surface area (Å²) in [6.07, 6.45) is 0.636. The first-order chi connectivity index (χ1) is 8.45. The Balaban J connectivity index is 3.30. The Bertz CT molecular complexity index is 502. The first kappa shape index (κ1) is 16.2. The van der Waals surface area contributed by atoms with Gasteiger partial charge in [0.25, 0.3) is 0 Å². The van der Waals surface area contributed by atoms with Crippen LogP contribution in [-0.2, 0) is 9.84 Å². The van der Waals surface area contributed by atoms with E-state index >= 15 is 0 Å². The van der Waals surface area contributed by atoms with Gasteiger partial charge in [0.15, 0.2) is 9.84 Å². The van der Waals surface area contributed by atoms with Crippen LogP contribution in [0.4, 0.5) is 0 Å². The molecule has 0 bridgehead atoms. The van der Waals surface area contributed by atoms with Crippen molar-refractivity contribution in [2.24, 2.45) is 5.41 Å². The summed E-state index contributed by atoms with van der Waals surface area (Å²) >= 11 is 0. The van der Waals surface area contributed by atoms with Crippen LogP contribution in [0.2, 0.25) is 0 Å². The quantitative estimate of drug-likeness (QED) is 0.824. The fraction of sp³-hybridized carbons (Fsp3) is 0.625.